The molecule has 80 valence electrons. The molecule has 0 bridgehead atoms. The molecule has 15 heavy (non-hydrogen) atoms. The Labute approximate surface area is 98.2 Å². The summed E-state index contributed by atoms with van der Waals surface area (Å²) in [5, 5.41) is 12.6. The minimum Gasteiger partial charge on any atom is -0.276 e. The number of nitrogens with zero attached hydrogens (tertiary/aromatic N) is 1. The zero-order chi connectivity index (χ0) is 11.3. The topological polar surface area (TPSA) is 62.2 Å². The van der Waals surface area contributed by atoms with Crippen LogP contribution in [0.3, 0.4) is 0 Å². The van der Waals surface area contributed by atoms with E-state index in [-0.39, 0.29) is 5.17 Å². The fraction of sp³-hybridized carbons (Fsp3) is 0.200. The van der Waals surface area contributed by atoms with Gasteiger partial charge in [-0.05, 0) is 48.4 Å². The van der Waals surface area contributed by atoms with Gasteiger partial charge in [-0.1, -0.05) is 6.07 Å². The average Bonchev–Trinajstić information content (AvgIpc) is 2.26. The Morgan fingerprint density at radius 3 is 2.80 bits per heavy atom. The number of rotatable bonds is 2. The molecule has 1 aromatic rings. The number of hydrogen-bond acceptors (Lipinski definition) is 4. The molecule has 3 N–H and O–H groups in total. The molecule has 0 unspecified atom stereocenters. The monoisotopic (exact) mass is 239 g/mol. The van der Waals surface area contributed by atoms with E-state index in [9.17, 15) is 0 Å². The molecule has 0 fully saturated rings. The zero-order valence-electron chi connectivity index (χ0n) is 8.65. The van der Waals surface area contributed by atoms with Crippen LogP contribution in [0.1, 0.15) is 11.1 Å². The highest BCUT2D eigenvalue weighted by Gasteiger charge is 1.97. The molecule has 0 spiro atoms. The molecule has 0 radical (unpaired) electrons. The lowest BCUT2D eigenvalue weighted by molar-refractivity contribution is 1.30. The number of hydrogen-bond donors (Lipinski definition) is 2. The van der Waals surface area contributed by atoms with Crippen LogP contribution >= 0.6 is 23.7 Å². The van der Waals surface area contributed by atoms with E-state index in [4.69, 9.17) is 10.5 Å². The normalized spacial score (nSPS) is 10.9. The Kier molecular flexibility index (Phi) is 4.87. The number of thioether (sulfide) groups is 1. The van der Waals surface area contributed by atoms with Gasteiger partial charge in [-0.25, -0.2) is 4.99 Å². The molecule has 1 rings (SSSR count). The highest BCUT2D eigenvalue weighted by molar-refractivity contribution is 8.11. The van der Waals surface area contributed by atoms with Crippen molar-refractivity contribution in [1.82, 2.24) is 0 Å². The fourth-order valence-corrected chi connectivity index (χ4v) is 1.84. The molecule has 0 saturated carbocycles. The number of benzene rings is 1. The van der Waals surface area contributed by atoms with Crippen LogP contribution in [0.5, 0.6) is 0 Å². The lowest BCUT2D eigenvalue weighted by Gasteiger charge is -2.02. The predicted octanol–water partition coefficient (Wildman–Crippen LogP) is 2.68. The molecule has 5 heteroatoms. The summed E-state index contributed by atoms with van der Waals surface area (Å²) in [6.07, 6.45) is 3.70. The number of nitrogens with one attached hydrogen (secondary N) is 1. The van der Waals surface area contributed by atoms with E-state index < -0.39 is 0 Å². The maximum absolute atomic E-state index is 7.25. The molecule has 0 amide bonds. The van der Waals surface area contributed by atoms with Crippen molar-refractivity contribution in [2.45, 2.75) is 11.8 Å². The first kappa shape index (κ1) is 12.3. The number of amidine groups is 1. The Bertz CT molecular complexity index is 388. The lowest BCUT2D eigenvalue weighted by Crippen LogP contribution is -1.92. The molecule has 0 aromatic heterocycles. The fourth-order valence-electron chi connectivity index (χ4n) is 1.15. The van der Waals surface area contributed by atoms with Crippen LogP contribution in [0.25, 0.3) is 0 Å². The van der Waals surface area contributed by atoms with Gasteiger partial charge in [0.1, 0.15) is 0 Å². The molecule has 3 nitrogen and oxygen atoms in total. The summed E-state index contributed by atoms with van der Waals surface area (Å²) >= 11 is 2.56. The van der Waals surface area contributed by atoms with Crippen LogP contribution in [-0.4, -0.2) is 17.6 Å². The van der Waals surface area contributed by atoms with Crippen molar-refractivity contribution in [1.29, 1.82) is 5.41 Å². The van der Waals surface area contributed by atoms with E-state index >= 15 is 0 Å². The standard InChI is InChI=1S/C10H13N3S2/c1-7-5-8(3-4-9(7)14-2)6-13-10(11)15-12/h3-6,11H,12H2,1-2H3/b11-10?,13-6+. The van der Waals surface area contributed by atoms with E-state index in [0.29, 0.717) is 0 Å². The van der Waals surface area contributed by atoms with Crippen LogP contribution in [-0.2, 0) is 0 Å². The zero-order valence-corrected chi connectivity index (χ0v) is 10.3. The summed E-state index contributed by atoms with van der Waals surface area (Å²) in [4.78, 5) is 5.16. The molecule has 0 aliphatic heterocycles. The summed E-state index contributed by atoms with van der Waals surface area (Å²) in [5.41, 5.74) is 2.21. The SMILES string of the molecule is CSc1ccc(/C=N/C(=N)SN)cc1C. The highest BCUT2D eigenvalue weighted by atomic mass is 32.2. The van der Waals surface area contributed by atoms with Crippen molar-refractivity contribution < 1.29 is 0 Å². The minimum atomic E-state index is 0.113. The third-order valence-corrected chi connectivity index (χ3v) is 3.09. The Balaban J connectivity index is 2.84. The summed E-state index contributed by atoms with van der Waals surface area (Å²) in [6.45, 7) is 2.06. The molecule has 0 saturated heterocycles. The molecular formula is C10H13N3S2. The van der Waals surface area contributed by atoms with E-state index in [1.165, 1.54) is 10.5 Å². The largest absolute Gasteiger partial charge is 0.276 e. The minimum absolute atomic E-state index is 0.113. The Hall–Kier alpha value is -0.780. The summed E-state index contributed by atoms with van der Waals surface area (Å²) in [5.74, 6) is 0. The van der Waals surface area contributed by atoms with Crippen LogP contribution in [0.2, 0.25) is 0 Å². The van der Waals surface area contributed by atoms with Crippen LogP contribution < -0.4 is 5.14 Å². The van der Waals surface area contributed by atoms with E-state index in [0.717, 1.165) is 17.5 Å². The number of nitrogens with two attached hydrogens (primary N) is 1. The van der Waals surface area contributed by atoms with E-state index in [2.05, 4.69) is 24.2 Å². The molecule has 0 heterocycles. The van der Waals surface area contributed by atoms with Gasteiger partial charge >= 0.3 is 0 Å². The molecule has 0 atom stereocenters. The number of aliphatic imine (C=N–C) groups is 1. The second-order valence-electron chi connectivity index (χ2n) is 2.91. The molecule has 0 aliphatic rings. The van der Waals surface area contributed by atoms with Crippen molar-refractivity contribution in [3.8, 4) is 0 Å². The third kappa shape index (κ3) is 3.70. The summed E-state index contributed by atoms with van der Waals surface area (Å²) in [7, 11) is 0. The first-order valence-corrected chi connectivity index (χ1v) is 6.42. The van der Waals surface area contributed by atoms with Crippen molar-refractivity contribution in [2.75, 3.05) is 6.26 Å². The van der Waals surface area contributed by atoms with Gasteiger partial charge in [-0.15, -0.1) is 11.8 Å². The van der Waals surface area contributed by atoms with Gasteiger partial charge in [0, 0.05) is 11.1 Å². The number of aryl methyl sites for hydroxylation is 1. The van der Waals surface area contributed by atoms with Gasteiger partial charge in [0.25, 0.3) is 0 Å². The maximum atomic E-state index is 7.25. The Morgan fingerprint density at radius 1 is 1.53 bits per heavy atom. The maximum Gasteiger partial charge on any atom is 0.195 e. The quantitative estimate of drug-likeness (QED) is 0.361. The van der Waals surface area contributed by atoms with E-state index in [1.807, 2.05) is 12.1 Å². The second kappa shape index (κ2) is 5.95. The van der Waals surface area contributed by atoms with Crippen molar-refractivity contribution in [3.05, 3.63) is 29.3 Å². The predicted molar refractivity (Wildman–Crippen MR) is 70.1 cm³/mol. The van der Waals surface area contributed by atoms with Gasteiger partial charge in [-0.3, -0.25) is 10.5 Å². The van der Waals surface area contributed by atoms with Crippen LogP contribution in [0, 0.1) is 12.3 Å². The Morgan fingerprint density at radius 2 is 2.27 bits per heavy atom. The first-order valence-electron chi connectivity index (χ1n) is 4.31. The van der Waals surface area contributed by atoms with Crippen molar-refractivity contribution in [3.63, 3.8) is 0 Å². The summed E-state index contributed by atoms with van der Waals surface area (Å²) < 4.78 is 0. The molecule has 0 aliphatic carbocycles. The van der Waals surface area contributed by atoms with Crippen molar-refractivity contribution in [2.24, 2.45) is 10.1 Å². The second-order valence-corrected chi connectivity index (χ2v) is 4.38. The summed E-state index contributed by atoms with van der Waals surface area (Å²) in [6, 6.07) is 6.08. The van der Waals surface area contributed by atoms with Crippen LogP contribution in [0.15, 0.2) is 28.1 Å². The molecule has 1 aromatic carbocycles. The van der Waals surface area contributed by atoms with E-state index in [1.54, 1.807) is 18.0 Å². The van der Waals surface area contributed by atoms with Gasteiger partial charge in [0.2, 0.25) is 0 Å². The third-order valence-electron chi connectivity index (χ3n) is 1.86. The lowest BCUT2D eigenvalue weighted by atomic mass is 10.1. The van der Waals surface area contributed by atoms with Crippen LogP contribution in [0.4, 0.5) is 0 Å². The average molecular weight is 239 g/mol. The molecular weight excluding hydrogens is 226 g/mol. The van der Waals surface area contributed by atoms with Gasteiger partial charge in [-0.2, -0.15) is 0 Å². The van der Waals surface area contributed by atoms with Gasteiger partial charge < -0.3 is 0 Å². The highest BCUT2D eigenvalue weighted by Crippen LogP contribution is 2.19. The smallest absolute Gasteiger partial charge is 0.195 e. The van der Waals surface area contributed by atoms with Gasteiger partial charge in [0.05, 0.1) is 0 Å². The first-order chi connectivity index (χ1) is 7.17. The van der Waals surface area contributed by atoms with Gasteiger partial charge in [0.15, 0.2) is 5.17 Å². The van der Waals surface area contributed by atoms with Crippen molar-refractivity contribution >= 4 is 35.1 Å².